The maximum Gasteiger partial charge on any atom is 0.254 e. The number of benzene rings is 2. The highest BCUT2D eigenvalue weighted by Gasteiger charge is 2.19. The van der Waals surface area contributed by atoms with Crippen LogP contribution in [0.2, 0.25) is 0 Å². The Hall–Kier alpha value is -2.63. The van der Waals surface area contributed by atoms with E-state index in [1.807, 2.05) is 0 Å². The third-order valence-electron chi connectivity index (χ3n) is 3.42. The molecule has 1 aliphatic rings. The van der Waals surface area contributed by atoms with Crippen LogP contribution in [-0.2, 0) is 0 Å². The lowest BCUT2D eigenvalue weighted by Crippen LogP contribution is -2.27. The molecule has 0 radical (unpaired) electrons. The first-order chi connectivity index (χ1) is 10.5. The van der Waals surface area contributed by atoms with Crippen molar-refractivity contribution >= 4 is 5.91 Å². The molecule has 4 nitrogen and oxygen atoms in total. The summed E-state index contributed by atoms with van der Waals surface area (Å²) >= 11 is 0. The maximum absolute atomic E-state index is 13.6. The van der Waals surface area contributed by atoms with E-state index in [9.17, 15) is 13.6 Å². The Kier molecular flexibility index (Phi) is 3.66. The van der Waals surface area contributed by atoms with Crippen molar-refractivity contribution in [2.24, 2.45) is 0 Å². The van der Waals surface area contributed by atoms with E-state index >= 15 is 0 Å². The lowest BCUT2D eigenvalue weighted by Gasteiger charge is -2.15. The average molecular weight is 305 g/mol. The van der Waals surface area contributed by atoms with E-state index in [1.165, 1.54) is 0 Å². The molecule has 114 valence electrons. The Balaban J connectivity index is 1.77. The number of hydrogen-bond acceptors (Lipinski definition) is 3. The smallest absolute Gasteiger partial charge is 0.254 e. The third kappa shape index (κ3) is 2.72. The van der Waals surface area contributed by atoms with E-state index in [4.69, 9.17) is 9.47 Å². The van der Waals surface area contributed by atoms with Gasteiger partial charge in [0.25, 0.3) is 5.91 Å². The summed E-state index contributed by atoms with van der Waals surface area (Å²) in [6, 6.07) is 7.63. The molecule has 2 aromatic carbocycles. The summed E-state index contributed by atoms with van der Waals surface area (Å²) in [5, 5.41) is 2.63. The van der Waals surface area contributed by atoms with Crippen LogP contribution in [0.4, 0.5) is 8.78 Å². The summed E-state index contributed by atoms with van der Waals surface area (Å²) < 4.78 is 37.2. The fourth-order valence-corrected chi connectivity index (χ4v) is 2.21. The molecule has 0 unspecified atom stereocenters. The predicted octanol–water partition coefficient (Wildman–Crippen LogP) is 3.18. The van der Waals surface area contributed by atoms with Crippen LogP contribution in [0.3, 0.4) is 0 Å². The summed E-state index contributed by atoms with van der Waals surface area (Å²) in [4.78, 5) is 12.1. The first-order valence-electron chi connectivity index (χ1n) is 6.70. The van der Waals surface area contributed by atoms with Gasteiger partial charge in [-0.05, 0) is 42.8 Å². The molecule has 2 aromatic rings. The van der Waals surface area contributed by atoms with Crippen LogP contribution in [0, 0.1) is 11.6 Å². The molecular formula is C16H13F2NO3. The molecule has 3 rings (SSSR count). The van der Waals surface area contributed by atoms with Crippen LogP contribution in [-0.4, -0.2) is 12.7 Å². The summed E-state index contributed by atoms with van der Waals surface area (Å²) in [7, 11) is 0. The van der Waals surface area contributed by atoms with Crippen LogP contribution in [0.15, 0.2) is 36.4 Å². The van der Waals surface area contributed by atoms with Gasteiger partial charge in [-0.2, -0.15) is 0 Å². The van der Waals surface area contributed by atoms with Crippen molar-refractivity contribution in [2.75, 3.05) is 6.79 Å². The minimum Gasteiger partial charge on any atom is -0.454 e. The van der Waals surface area contributed by atoms with E-state index in [0.717, 1.165) is 23.8 Å². The van der Waals surface area contributed by atoms with E-state index in [2.05, 4.69) is 5.32 Å². The number of rotatable bonds is 3. The molecule has 1 atom stereocenters. The normalized spacial score (nSPS) is 13.8. The molecule has 0 spiro atoms. The van der Waals surface area contributed by atoms with Crippen LogP contribution < -0.4 is 14.8 Å². The second-order valence-electron chi connectivity index (χ2n) is 4.93. The van der Waals surface area contributed by atoms with Gasteiger partial charge < -0.3 is 14.8 Å². The van der Waals surface area contributed by atoms with E-state index in [-0.39, 0.29) is 12.4 Å². The van der Waals surface area contributed by atoms with Crippen LogP contribution >= 0.6 is 0 Å². The lowest BCUT2D eigenvalue weighted by atomic mass is 10.1. The zero-order valence-electron chi connectivity index (χ0n) is 11.7. The molecule has 22 heavy (non-hydrogen) atoms. The largest absolute Gasteiger partial charge is 0.454 e. The molecule has 0 saturated carbocycles. The number of amides is 1. The van der Waals surface area contributed by atoms with Crippen LogP contribution in [0.1, 0.15) is 28.9 Å². The standard InChI is InChI=1S/C16H13F2NO3/c1-9(10-2-5-14-15(6-10)22-8-21-14)19-16(20)12-7-11(17)3-4-13(12)18/h2-7,9H,8H2,1H3,(H,19,20)/t9-/m0/s1. The SMILES string of the molecule is C[C@H](NC(=O)c1cc(F)ccc1F)c1ccc2c(c1)OCO2. The average Bonchev–Trinajstić information content (AvgIpc) is 2.97. The quantitative estimate of drug-likeness (QED) is 0.947. The molecule has 1 N–H and O–H groups in total. The minimum atomic E-state index is -0.767. The highest BCUT2D eigenvalue weighted by atomic mass is 19.1. The second-order valence-corrected chi connectivity index (χ2v) is 4.93. The van der Waals surface area contributed by atoms with E-state index < -0.39 is 23.6 Å². The Morgan fingerprint density at radius 2 is 1.91 bits per heavy atom. The molecule has 1 aliphatic heterocycles. The first kappa shape index (κ1) is 14.3. The highest BCUT2D eigenvalue weighted by Crippen LogP contribution is 2.34. The van der Waals surface area contributed by atoms with Gasteiger partial charge in [0.1, 0.15) is 11.6 Å². The van der Waals surface area contributed by atoms with E-state index in [0.29, 0.717) is 11.5 Å². The van der Waals surface area contributed by atoms with Crippen molar-refractivity contribution in [3.63, 3.8) is 0 Å². The zero-order valence-corrected chi connectivity index (χ0v) is 11.7. The van der Waals surface area contributed by atoms with Crippen molar-refractivity contribution in [3.05, 3.63) is 59.2 Å². The topological polar surface area (TPSA) is 47.6 Å². The minimum absolute atomic E-state index is 0.161. The predicted molar refractivity (Wildman–Crippen MR) is 74.8 cm³/mol. The van der Waals surface area contributed by atoms with Crippen molar-refractivity contribution in [2.45, 2.75) is 13.0 Å². The lowest BCUT2D eigenvalue weighted by molar-refractivity contribution is 0.0935. The molecule has 1 heterocycles. The van der Waals surface area contributed by atoms with Gasteiger partial charge in [-0.25, -0.2) is 8.78 Å². The summed E-state index contributed by atoms with van der Waals surface area (Å²) in [6.07, 6.45) is 0. The molecule has 1 amide bonds. The van der Waals surface area contributed by atoms with Crippen molar-refractivity contribution < 1.29 is 23.0 Å². The summed E-state index contributed by atoms with van der Waals surface area (Å²) in [5.74, 6) is -0.879. The number of ether oxygens (including phenoxy) is 2. The van der Waals surface area contributed by atoms with Gasteiger partial charge in [0.15, 0.2) is 11.5 Å². The van der Waals surface area contributed by atoms with Gasteiger partial charge in [0.05, 0.1) is 11.6 Å². The van der Waals surface area contributed by atoms with Gasteiger partial charge in [0, 0.05) is 0 Å². The van der Waals surface area contributed by atoms with Crippen molar-refractivity contribution in [1.29, 1.82) is 0 Å². The Morgan fingerprint density at radius 1 is 1.14 bits per heavy atom. The number of carbonyl (C=O) groups is 1. The molecule has 0 bridgehead atoms. The van der Waals surface area contributed by atoms with Crippen molar-refractivity contribution in [3.8, 4) is 11.5 Å². The first-order valence-corrected chi connectivity index (χ1v) is 6.70. The fourth-order valence-electron chi connectivity index (χ4n) is 2.21. The zero-order chi connectivity index (χ0) is 15.7. The molecule has 0 aromatic heterocycles. The summed E-state index contributed by atoms with van der Waals surface area (Å²) in [6.45, 7) is 1.90. The monoisotopic (exact) mass is 305 g/mol. The maximum atomic E-state index is 13.6. The Morgan fingerprint density at radius 3 is 2.73 bits per heavy atom. The number of carbonyl (C=O) groups excluding carboxylic acids is 1. The van der Waals surface area contributed by atoms with Gasteiger partial charge in [-0.15, -0.1) is 0 Å². The molecular weight excluding hydrogens is 292 g/mol. The molecule has 0 saturated heterocycles. The van der Waals surface area contributed by atoms with Crippen molar-refractivity contribution in [1.82, 2.24) is 5.32 Å². The van der Waals surface area contributed by atoms with Gasteiger partial charge >= 0.3 is 0 Å². The van der Waals surface area contributed by atoms with Crippen LogP contribution in [0.25, 0.3) is 0 Å². The number of fused-ring (bicyclic) bond motifs is 1. The van der Waals surface area contributed by atoms with Crippen LogP contribution in [0.5, 0.6) is 11.5 Å². The third-order valence-corrected chi connectivity index (χ3v) is 3.42. The molecule has 0 aliphatic carbocycles. The Bertz CT molecular complexity index is 733. The van der Waals surface area contributed by atoms with Gasteiger partial charge in [0.2, 0.25) is 6.79 Å². The van der Waals surface area contributed by atoms with E-state index in [1.54, 1.807) is 25.1 Å². The van der Waals surface area contributed by atoms with Gasteiger partial charge in [-0.1, -0.05) is 6.07 Å². The summed E-state index contributed by atoms with van der Waals surface area (Å²) in [5.41, 5.74) is 0.446. The second kappa shape index (κ2) is 5.63. The fraction of sp³-hybridized carbons (Fsp3) is 0.188. The number of halogens is 2. The van der Waals surface area contributed by atoms with Gasteiger partial charge in [-0.3, -0.25) is 4.79 Å². The number of nitrogens with one attached hydrogen (secondary N) is 1. The molecule has 6 heteroatoms. The molecule has 0 fully saturated rings. The Labute approximate surface area is 125 Å². The highest BCUT2D eigenvalue weighted by molar-refractivity contribution is 5.94. The number of hydrogen-bond donors (Lipinski definition) is 1.